The van der Waals surface area contributed by atoms with Crippen molar-refractivity contribution in [3.8, 4) is 0 Å². The molecule has 92 valence electrons. The number of nitrogens with zero attached hydrogens (tertiary/aromatic N) is 6. The number of nitro groups is 1. The van der Waals surface area contributed by atoms with Crippen molar-refractivity contribution in [2.45, 2.75) is 0 Å². The van der Waals surface area contributed by atoms with Gasteiger partial charge in [-0.1, -0.05) is 5.01 Å². The summed E-state index contributed by atoms with van der Waals surface area (Å²) >= 11 is 0. The van der Waals surface area contributed by atoms with Gasteiger partial charge in [0.1, 0.15) is 23.3 Å². The Bertz CT molecular complexity index is 600. The lowest BCUT2D eigenvalue weighted by molar-refractivity contribution is -0.612. The summed E-state index contributed by atoms with van der Waals surface area (Å²) in [5.74, 6) is 0. The predicted molar refractivity (Wildman–Crippen MR) is 62.3 cm³/mol. The third-order valence-corrected chi connectivity index (χ3v) is 2.50. The summed E-state index contributed by atoms with van der Waals surface area (Å²) in [6.07, 6.45) is 7.77. The number of aliphatic imine (C=N–C) groups is 1. The zero-order chi connectivity index (χ0) is 12.7. The molecule has 0 amide bonds. The van der Waals surface area contributed by atoms with E-state index in [1.807, 2.05) is 13.2 Å². The molecule has 0 saturated heterocycles. The molecule has 18 heavy (non-hydrogen) atoms. The third-order valence-electron chi connectivity index (χ3n) is 2.50. The van der Waals surface area contributed by atoms with Crippen LogP contribution in [0.2, 0.25) is 0 Å². The van der Waals surface area contributed by atoms with Crippen LogP contribution in [0, 0.1) is 10.1 Å². The standard InChI is InChI=1S/C9H9N7O2/c1-13-3-7(2-11-13)15-5-8-9(12-15)4-14(6-10-8)16(17)18/h2-6,12H,1H3. The lowest BCUT2D eigenvalue weighted by atomic mass is 10.3. The molecular formula is C9H9N7O2. The van der Waals surface area contributed by atoms with Gasteiger partial charge < -0.3 is 0 Å². The summed E-state index contributed by atoms with van der Waals surface area (Å²) in [7, 11) is 1.81. The zero-order valence-electron chi connectivity index (χ0n) is 9.39. The normalized spacial score (nSPS) is 17.2. The van der Waals surface area contributed by atoms with Crippen LogP contribution in [0.3, 0.4) is 0 Å². The second-order valence-electron chi connectivity index (χ2n) is 3.77. The maximum atomic E-state index is 10.6. The highest BCUT2D eigenvalue weighted by Gasteiger charge is 2.25. The van der Waals surface area contributed by atoms with Crippen molar-refractivity contribution in [1.82, 2.24) is 20.2 Å². The molecule has 3 heterocycles. The van der Waals surface area contributed by atoms with Gasteiger partial charge in [0.25, 0.3) is 0 Å². The van der Waals surface area contributed by atoms with Crippen molar-refractivity contribution >= 4 is 12.0 Å². The minimum Gasteiger partial charge on any atom is -0.290 e. The highest BCUT2D eigenvalue weighted by Crippen LogP contribution is 2.24. The van der Waals surface area contributed by atoms with Crippen LogP contribution in [0.15, 0.2) is 41.2 Å². The molecule has 0 aliphatic carbocycles. The Morgan fingerprint density at radius 1 is 1.44 bits per heavy atom. The van der Waals surface area contributed by atoms with Crippen LogP contribution in [-0.2, 0) is 7.05 Å². The second-order valence-corrected chi connectivity index (χ2v) is 3.77. The molecule has 2 aliphatic rings. The number of hydrazine groups is 2. The first-order chi connectivity index (χ1) is 8.63. The van der Waals surface area contributed by atoms with Crippen LogP contribution in [-0.4, -0.2) is 26.2 Å². The number of hydrogen-bond donors (Lipinski definition) is 1. The SMILES string of the molecule is Cn1cc(N2C=C3N=CN([N+](=O)[O-])C=C3N2)cn1. The summed E-state index contributed by atoms with van der Waals surface area (Å²) < 4.78 is 1.67. The molecule has 0 bridgehead atoms. The van der Waals surface area contributed by atoms with Gasteiger partial charge in [0, 0.05) is 7.05 Å². The molecule has 0 atom stereocenters. The monoisotopic (exact) mass is 247 g/mol. The molecule has 0 fully saturated rings. The van der Waals surface area contributed by atoms with E-state index >= 15 is 0 Å². The van der Waals surface area contributed by atoms with Gasteiger partial charge in [-0.05, 0) is 0 Å². The largest absolute Gasteiger partial charge is 0.290 e. The maximum Gasteiger partial charge on any atom is 0.170 e. The fourth-order valence-electron chi connectivity index (χ4n) is 1.66. The quantitative estimate of drug-likeness (QED) is 0.582. The highest BCUT2D eigenvalue weighted by atomic mass is 16.7. The van der Waals surface area contributed by atoms with Crippen LogP contribution in [0.1, 0.15) is 0 Å². The topological polar surface area (TPSA) is 91.8 Å². The Labute approximate surface area is 101 Å². The number of nitrogens with one attached hydrogen (secondary N) is 1. The zero-order valence-corrected chi connectivity index (χ0v) is 9.39. The van der Waals surface area contributed by atoms with E-state index in [2.05, 4.69) is 15.5 Å². The summed E-state index contributed by atoms with van der Waals surface area (Å²) in [5.41, 5.74) is 5.02. The van der Waals surface area contributed by atoms with Gasteiger partial charge in [-0.15, -0.1) is 0 Å². The fourth-order valence-corrected chi connectivity index (χ4v) is 1.66. The van der Waals surface area contributed by atoms with E-state index in [1.54, 1.807) is 22.1 Å². The van der Waals surface area contributed by atoms with Crippen LogP contribution in [0.4, 0.5) is 5.69 Å². The molecular weight excluding hydrogens is 238 g/mol. The fraction of sp³-hybridized carbons (Fsp3) is 0.111. The first-order valence-corrected chi connectivity index (χ1v) is 5.09. The van der Waals surface area contributed by atoms with Gasteiger partial charge in [-0.25, -0.2) is 15.1 Å². The molecule has 2 aliphatic heterocycles. The average molecular weight is 247 g/mol. The number of aryl methyl sites for hydroxylation is 1. The number of rotatable bonds is 2. The molecule has 3 rings (SSSR count). The summed E-state index contributed by atoms with van der Waals surface area (Å²) in [5, 5.41) is 16.6. The highest BCUT2D eigenvalue weighted by molar-refractivity contribution is 5.64. The maximum absolute atomic E-state index is 10.6. The molecule has 1 N–H and O–H groups in total. The Morgan fingerprint density at radius 2 is 2.28 bits per heavy atom. The van der Waals surface area contributed by atoms with Crippen molar-refractivity contribution in [3.05, 3.63) is 46.3 Å². The number of anilines is 1. The van der Waals surface area contributed by atoms with Crippen LogP contribution < -0.4 is 10.4 Å². The minimum atomic E-state index is -0.554. The Hall–Kier alpha value is -2.84. The number of hydrogen-bond acceptors (Lipinski definition) is 6. The van der Waals surface area contributed by atoms with Crippen LogP contribution in [0.5, 0.6) is 0 Å². The van der Waals surface area contributed by atoms with Gasteiger partial charge in [0.05, 0.1) is 18.6 Å². The molecule has 0 aromatic carbocycles. The minimum absolute atomic E-state index is 0.554. The van der Waals surface area contributed by atoms with E-state index in [9.17, 15) is 10.1 Å². The van der Waals surface area contributed by atoms with Gasteiger partial charge in [-0.2, -0.15) is 5.10 Å². The van der Waals surface area contributed by atoms with Crippen molar-refractivity contribution in [3.63, 3.8) is 0 Å². The van der Waals surface area contributed by atoms with E-state index in [0.29, 0.717) is 11.4 Å². The molecule has 9 heteroatoms. The van der Waals surface area contributed by atoms with Gasteiger partial charge in [0.15, 0.2) is 11.4 Å². The predicted octanol–water partition coefficient (Wildman–Crippen LogP) is -0.0369. The summed E-state index contributed by atoms with van der Waals surface area (Å²) in [6.45, 7) is 0. The van der Waals surface area contributed by atoms with E-state index in [1.165, 1.54) is 6.20 Å². The number of aromatic nitrogens is 2. The lowest BCUT2D eigenvalue weighted by Crippen LogP contribution is -2.31. The van der Waals surface area contributed by atoms with E-state index in [-0.39, 0.29) is 0 Å². The van der Waals surface area contributed by atoms with E-state index < -0.39 is 5.03 Å². The molecule has 0 unspecified atom stereocenters. The van der Waals surface area contributed by atoms with Crippen molar-refractivity contribution < 1.29 is 5.03 Å². The third kappa shape index (κ3) is 1.57. The lowest BCUT2D eigenvalue weighted by Gasteiger charge is -2.15. The first kappa shape index (κ1) is 10.3. The average Bonchev–Trinajstić information content (AvgIpc) is 2.93. The number of fused-ring (bicyclic) bond motifs is 1. The van der Waals surface area contributed by atoms with Gasteiger partial charge in [-0.3, -0.25) is 15.1 Å². The van der Waals surface area contributed by atoms with Gasteiger partial charge in [0.2, 0.25) is 0 Å². The van der Waals surface area contributed by atoms with Crippen LogP contribution in [0.25, 0.3) is 0 Å². The Morgan fingerprint density at radius 3 is 2.94 bits per heavy atom. The molecule has 0 spiro atoms. The van der Waals surface area contributed by atoms with Crippen molar-refractivity contribution in [2.75, 3.05) is 5.01 Å². The van der Waals surface area contributed by atoms with Crippen LogP contribution >= 0.6 is 0 Å². The first-order valence-electron chi connectivity index (χ1n) is 5.09. The van der Waals surface area contributed by atoms with Gasteiger partial charge >= 0.3 is 0 Å². The Kier molecular flexibility index (Phi) is 2.06. The summed E-state index contributed by atoms with van der Waals surface area (Å²) in [4.78, 5) is 14.6. The molecule has 1 aromatic rings. The van der Waals surface area contributed by atoms with Crippen molar-refractivity contribution in [2.24, 2.45) is 12.0 Å². The van der Waals surface area contributed by atoms with Crippen molar-refractivity contribution in [1.29, 1.82) is 0 Å². The summed E-state index contributed by atoms with van der Waals surface area (Å²) in [6, 6.07) is 0. The Balaban J connectivity index is 1.87. The molecule has 0 saturated carbocycles. The molecule has 9 nitrogen and oxygen atoms in total. The van der Waals surface area contributed by atoms with E-state index in [0.717, 1.165) is 17.0 Å². The molecule has 0 radical (unpaired) electrons. The molecule has 1 aromatic heterocycles. The smallest absolute Gasteiger partial charge is 0.170 e. The second kappa shape index (κ2) is 3.58. The van der Waals surface area contributed by atoms with E-state index in [4.69, 9.17) is 0 Å².